The molecule has 180 valence electrons. The summed E-state index contributed by atoms with van der Waals surface area (Å²) in [5.41, 5.74) is 2.29. The quantitative estimate of drug-likeness (QED) is 0.388. The molecule has 3 aromatic rings. The highest BCUT2D eigenvalue weighted by Gasteiger charge is 2.33. The summed E-state index contributed by atoms with van der Waals surface area (Å²) in [7, 11) is -2.10. The molecule has 2 aromatic carbocycles. The van der Waals surface area contributed by atoms with Gasteiger partial charge in [0, 0.05) is 36.2 Å². The van der Waals surface area contributed by atoms with Gasteiger partial charge >= 0.3 is 11.6 Å². The number of ether oxygens (including phenoxy) is 2. The standard InChI is InChI=1S/C25H27NO7S/c1-16-4-6-21(12-17(16)2)34(29,30)26-10-8-18(9-11-26)25(28)32-15-19-13-24(27)33-23-14-20(31-3)5-7-22(19)23/h4-7,12-14,18H,8-11,15H2,1-3H3. The third kappa shape index (κ3) is 4.85. The van der Waals surface area contributed by atoms with E-state index in [1.807, 2.05) is 13.8 Å². The molecule has 0 unspecified atom stereocenters. The SMILES string of the molecule is COc1ccc2c(COC(=O)C3CCN(S(=O)(=O)c4ccc(C)c(C)c4)CC3)cc(=O)oc2c1. The minimum absolute atomic E-state index is 0.0750. The minimum atomic E-state index is -3.61. The lowest BCUT2D eigenvalue weighted by Gasteiger charge is -2.30. The molecule has 1 saturated heterocycles. The maximum atomic E-state index is 13.0. The Morgan fingerprint density at radius 1 is 1.06 bits per heavy atom. The molecule has 2 heterocycles. The zero-order valence-corrected chi connectivity index (χ0v) is 20.2. The molecule has 0 atom stereocenters. The summed E-state index contributed by atoms with van der Waals surface area (Å²) in [6.45, 7) is 4.23. The number of rotatable bonds is 6. The molecule has 1 aliphatic heterocycles. The predicted molar refractivity (Wildman–Crippen MR) is 126 cm³/mol. The molecule has 4 rings (SSSR count). The normalized spacial score (nSPS) is 15.4. The van der Waals surface area contributed by atoms with E-state index >= 15 is 0 Å². The van der Waals surface area contributed by atoms with Crippen LogP contribution in [0.15, 0.2) is 56.6 Å². The molecule has 0 N–H and O–H groups in total. The first-order valence-electron chi connectivity index (χ1n) is 11.0. The van der Waals surface area contributed by atoms with E-state index in [1.54, 1.807) is 36.4 Å². The van der Waals surface area contributed by atoms with E-state index in [0.717, 1.165) is 11.1 Å². The van der Waals surface area contributed by atoms with Gasteiger partial charge in [0.05, 0.1) is 17.9 Å². The number of esters is 1. The molecule has 0 amide bonds. The van der Waals surface area contributed by atoms with Crippen LogP contribution in [0.5, 0.6) is 5.75 Å². The lowest BCUT2D eigenvalue weighted by atomic mass is 9.98. The first-order chi connectivity index (χ1) is 16.2. The number of carbonyl (C=O) groups is 1. The smallest absolute Gasteiger partial charge is 0.336 e. The first-order valence-corrected chi connectivity index (χ1v) is 12.5. The van der Waals surface area contributed by atoms with Crippen molar-refractivity contribution < 1.29 is 27.1 Å². The molecule has 9 heteroatoms. The zero-order valence-electron chi connectivity index (χ0n) is 19.4. The Kier molecular flexibility index (Phi) is 6.77. The van der Waals surface area contributed by atoms with Gasteiger partial charge in [0.2, 0.25) is 10.0 Å². The Labute approximate surface area is 198 Å². The van der Waals surface area contributed by atoms with Crippen LogP contribution in [-0.2, 0) is 26.2 Å². The van der Waals surface area contributed by atoms with Crippen LogP contribution in [0, 0.1) is 19.8 Å². The number of carbonyl (C=O) groups excluding carboxylic acids is 1. The Bertz CT molecular complexity index is 1390. The van der Waals surface area contributed by atoms with Crippen molar-refractivity contribution in [1.82, 2.24) is 4.31 Å². The van der Waals surface area contributed by atoms with E-state index in [4.69, 9.17) is 13.9 Å². The van der Waals surface area contributed by atoms with E-state index in [-0.39, 0.29) is 24.6 Å². The van der Waals surface area contributed by atoms with Crippen LogP contribution in [-0.4, -0.2) is 38.9 Å². The van der Waals surface area contributed by atoms with Crippen LogP contribution in [0.4, 0.5) is 0 Å². The Morgan fingerprint density at radius 3 is 2.47 bits per heavy atom. The van der Waals surface area contributed by atoms with E-state index in [0.29, 0.717) is 35.1 Å². The summed E-state index contributed by atoms with van der Waals surface area (Å²) >= 11 is 0. The second-order valence-corrected chi connectivity index (χ2v) is 10.4. The third-order valence-electron chi connectivity index (χ3n) is 6.31. The van der Waals surface area contributed by atoms with Gasteiger partial charge in [0.15, 0.2) is 0 Å². The topological polar surface area (TPSA) is 103 Å². The maximum absolute atomic E-state index is 13.0. The first kappa shape index (κ1) is 24.0. The monoisotopic (exact) mass is 485 g/mol. The average Bonchev–Trinajstić information content (AvgIpc) is 2.83. The van der Waals surface area contributed by atoms with E-state index in [9.17, 15) is 18.0 Å². The predicted octanol–water partition coefficient (Wildman–Crippen LogP) is 3.56. The second-order valence-electron chi connectivity index (χ2n) is 8.48. The highest BCUT2D eigenvalue weighted by molar-refractivity contribution is 7.89. The van der Waals surface area contributed by atoms with Crippen molar-refractivity contribution in [3.63, 3.8) is 0 Å². The summed E-state index contributed by atoms with van der Waals surface area (Å²) in [5.74, 6) is -0.261. The van der Waals surface area contributed by atoms with E-state index in [2.05, 4.69) is 0 Å². The third-order valence-corrected chi connectivity index (χ3v) is 8.21. The van der Waals surface area contributed by atoms with Gasteiger partial charge in [0.25, 0.3) is 0 Å². The van der Waals surface area contributed by atoms with E-state index < -0.39 is 27.5 Å². The summed E-state index contributed by atoms with van der Waals surface area (Å²) < 4.78 is 43.3. The molecule has 0 saturated carbocycles. The van der Waals surface area contributed by atoms with Gasteiger partial charge in [-0.05, 0) is 62.1 Å². The van der Waals surface area contributed by atoms with Crippen LogP contribution in [0.25, 0.3) is 11.0 Å². The van der Waals surface area contributed by atoms with Crippen LogP contribution < -0.4 is 10.4 Å². The van der Waals surface area contributed by atoms with Crippen molar-refractivity contribution in [1.29, 1.82) is 0 Å². The number of fused-ring (bicyclic) bond motifs is 1. The molecule has 0 radical (unpaired) electrons. The Balaban J connectivity index is 1.40. The summed E-state index contributed by atoms with van der Waals surface area (Å²) in [6.07, 6.45) is 0.746. The van der Waals surface area contributed by atoms with Crippen molar-refractivity contribution in [3.05, 3.63) is 69.6 Å². The number of sulfonamides is 1. The summed E-state index contributed by atoms with van der Waals surface area (Å²) in [5, 5.41) is 0.655. The van der Waals surface area contributed by atoms with Gasteiger partial charge in [-0.1, -0.05) is 6.07 Å². The fourth-order valence-electron chi connectivity index (χ4n) is 4.08. The van der Waals surface area contributed by atoms with Gasteiger partial charge in [-0.25, -0.2) is 13.2 Å². The van der Waals surface area contributed by atoms with Crippen molar-refractivity contribution >= 4 is 27.0 Å². The number of hydrogen-bond acceptors (Lipinski definition) is 7. The zero-order chi connectivity index (χ0) is 24.5. The van der Waals surface area contributed by atoms with Gasteiger partial charge < -0.3 is 13.9 Å². The van der Waals surface area contributed by atoms with Crippen LogP contribution >= 0.6 is 0 Å². The van der Waals surface area contributed by atoms with Crippen LogP contribution in [0.2, 0.25) is 0 Å². The number of piperidine rings is 1. The maximum Gasteiger partial charge on any atom is 0.336 e. The number of methoxy groups -OCH3 is 1. The largest absolute Gasteiger partial charge is 0.497 e. The van der Waals surface area contributed by atoms with Gasteiger partial charge in [-0.3, -0.25) is 4.79 Å². The van der Waals surface area contributed by atoms with Crippen LogP contribution in [0.1, 0.15) is 29.5 Å². The molecule has 0 bridgehead atoms. The Morgan fingerprint density at radius 2 is 1.79 bits per heavy atom. The molecule has 1 aliphatic rings. The summed E-state index contributed by atoms with van der Waals surface area (Å²) in [4.78, 5) is 24.9. The van der Waals surface area contributed by atoms with Gasteiger partial charge in [-0.15, -0.1) is 0 Å². The minimum Gasteiger partial charge on any atom is -0.497 e. The Hall–Kier alpha value is -3.17. The highest BCUT2D eigenvalue weighted by atomic mass is 32.2. The fraction of sp³-hybridized carbons (Fsp3) is 0.360. The second kappa shape index (κ2) is 9.60. The summed E-state index contributed by atoms with van der Waals surface area (Å²) in [6, 6.07) is 11.5. The van der Waals surface area contributed by atoms with Crippen molar-refractivity contribution in [2.24, 2.45) is 5.92 Å². The number of nitrogens with zero attached hydrogens (tertiary/aromatic N) is 1. The molecule has 1 fully saturated rings. The molecular formula is C25H27NO7S. The average molecular weight is 486 g/mol. The van der Waals surface area contributed by atoms with Crippen molar-refractivity contribution in [2.45, 2.75) is 38.2 Å². The molecule has 0 spiro atoms. The highest BCUT2D eigenvalue weighted by Crippen LogP contribution is 2.27. The van der Waals surface area contributed by atoms with E-state index in [1.165, 1.54) is 17.5 Å². The van der Waals surface area contributed by atoms with Crippen LogP contribution in [0.3, 0.4) is 0 Å². The number of aryl methyl sites for hydroxylation is 2. The van der Waals surface area contributed by atoms with Gasteiger partial charge in [-0.2, -0.15) is 4.31 Å². The van der Waals surface area contributed by atoms with Crippen molar-refractivity contribution in [3.8, 4) is 5.75 Å². The molecule has 1 aromatic heterocycles. The molecular weight excluding hydrogens is 458 g/mol. The fourth-order valence-corrected chi connectivity index (χ4v) is 5.63. The van der Waals surface area contributed by atoms with Crippen molar-refractivity contribution in [2.75, 3.05) is 20.2 Å². The lowest BCUT2D eigenvalue weighted by Crippen LogP contribution is -2.40. The molecule has 8 nitrogen and oxygen atoms in total. The molecule has 34 heavy (non-hydrogen) atoms. The van der Waals surface area contributed by atoms with Gasteiger partial charge in [0.1, 0.15) is 17.9 Å². The molecule has 0 aliphatic carbocycles. The number of hydrogen-bond donors (Lipinski definition) is 0. The lowest BCUT2D eigenvalue weighted by molar-refractivity contribution is -0.151. The number of benzene rings is 2.